The lowest BCUT2D eigenvalue weighted by molar-refractivity contribution is -0.123. The van der Waals surface area contributed by atoms with E-state index in [0.29, 0.717) is 30.5 Å². The van der Waals surface area contributed by atoms with E-state index in [1.54, 1.807) is 24.3 Å². The number of nitrogens with zero attached hydrogens (tertiary/aromatic N) is 2. The van der Waals surface area contributed by atoms with Crippen molar-refractivity contribution < 1.29 is 14.3 Å². The molecule has 0 spiro atoms. The molecule has 9 heteroatoms. The first-order valence-electron chi connectivity index (χ1n) is 10.7. The number of aromatic amines is 1. The Morgan fingerprint density at radius 2 is 1.97 bits per heavy atom. The molecule has 2 aromatic carbocycles. The van der Waals surface area contributed by atoms with Crippen molar-refractivity contribution in [1.82, 2.24) is 9.97 Å². The van der Waals surface area contributed by atoms with Gasteiger partial charge in [-0.2, -0.15) is 4.98 Å². The highest BCUT2D eigenvalue weighted by molar-refractivity contribution is 6.04. The van der Waals surface area contributed by atoms with Gasteiger partial charge in [0, 0.05) is 31.3 Å². The smallest absolute Gasteiger partial charge is 0.258 e. The van der Waals surface area contributed by atoms with Crippen LogP contribution in [0.1, 0.15) is 29.0 Å². The number of aromatic nitrogens is 2. The standard InChI is InChI=1S/C24H23N5O4/c1-33-17-8-4-7-16(11-17)25-22(31)18-12-19(30)26-21-20(18)23(32)28-24(27-21)29-10-9-14-5-2-3-6-15(14)13-29/h2-8,11,18H,9-10,12-13H2,1H3,(H,25,31)(H2,26,27,28,30,32)/t18-/m1/s1. The first-order valence-corrected chi connectivity index (χ1v) is 10.7. The maximum atomic E-state index is 13.1. The van der Waals surface area contributed by atoms with Gasteiger partial charge >= 0.3 is 0 Å². The molecule has 168 valence electrons. The van der Waals surface area contributed by atoms with Gasteiger partial charge in [0.2, 0.25) is 17.8 Å². The average Bonchev–Trinajstić information content (AvgIpc) is 2.83. The number of hydrogen-bond acceptors (Lipinski definition) is 6. The molecule has 0 radical (unpaired) electrons. The number of ether oxygens (including phenoxy) is 1. The fourth-order valence-corrected chi connectivity index (χ4v) is 4.34. The van der Waals surface area contributed by atoms with Gasteiger partial charge < -0.3 is 20.3 Å². The second kappa shape index (κ2) is 8.42. The maximum Gasteiger partial charge on any atom is 0.258 e. The van der Waals surface area contributed by atoms with Gasteiger partial charge in [0.05, 0.1) is 18.6 Å². The van der Waals surface area contributed by atoms with Gasteiger partial charge in [-0.15, -0.1) is 0 Å². The highest BCUT2D eigenvalue weighted by Crippen LogP contribution is 2.31. The van der Waals surface area contributed by atoms with Crippen LogP contribution >= 0.6 is 0 Å². The molecular weight excluding hydrogens is 422 g/mol. The van der Waals surface area contributed by atoms with Gasteiger partial charge in [0.25, 0.3) is 5.56 Å². The molecule has 0 bridgehead atoms. The molecule has 0 saturated heterocycles. The summed E-state index contributed by atoms with van der Waals surface area (Å²) in [4.78, 5) is 47.8. The molecular formula is C24H23N5O4. The summed E-state index contributed by atoms with van der Waals surface area (Å²) in [6.07, 6.45) is 0.693. The van der Waals surface area contributed by atoms with Crippen LogP contribution in [0.15, 0.2) is 53.3 Å². The van der Waals surface area contributed by atoms with Crippen LogP contribution in [-0.4, -0.2) is 35.4 Å². The Balaban J connectivity index is 1.44. The molecule has 0 aliphatic carbocycles. The Morgan fingerprint density at radius 3 is 2.79 bits per heavy atom. The van der Waals surface area contributed by atoms with Gasteiger partial charge in [-0.05, 0) is 29.7 Å². The highest BCUT2D eigenvalue weighted by atomic mass is 16.5. The Kier molecular flexibility index (Phi) is 5.29. The molecule has 1 atom stereocenters. The number of nitrogens with one attached hydrogen (secondary N) is 3. The van der Waals surface area contributed by atoms with E-state index >= 15 is 0 Å². The number of methoxy groups -OCH3 is 1. The summed E-state index contributed by atoms with van der Waals surface area (Å²) in [7, 11) is 1.53. The van der Waals surface area contributed by atoms with E-state index in [-0.39, 0.29) is 23.7 Å². The fraction of sp³-hybridized carbons (Fsp3) is 0.250. The molecule has 33 heavy (non-hydrogen) atoms. The van der Waals surface area contributed by atoms with Crippen LogP contribution < -0.4 is 25.8 Å². The molecule has 5 rings (SSSR count). The van der Waals surface area contributed by atoms with Crippen molar-refractivity contribution in [2.24, 2.45) is 0 Å². The van der Waals surface area contributed by atoms with Crippen molar-refractivity contribution in [1.29, 1.82) is 0 Å². The van der Waals surface area contributed by atoms with Crippen molar-refractivity contribution in [2.45, 2.75) is 25.3 Å². The first-order chi connectivity index (χ1) is 16.0. The molecule has 3 N–H and O–H groups in total. The third kappa shape index (κ3) is 4.05. The molecule has 0 saturated carbocycles. The summed E-state index contributed by atoms with van der Waals surface area (Å²) in [5.41, 5.74) is 2.69. The summed E-state index contributed by atoms with van der Waals surface area (Å²) >= 11 is 0. The van der Waals surface area contributed by atoms with Crippen molar-refractivity contribution in [2.75, 3.05) is 29.2 Å². The zero-order valence-corrected chi connectivity index (χ0v) is 18.1. The molecule has 2 aliphatic rings. The van der Waals surface area contributed by atoms with Crippen LogP contribution in [0.25, 0.3) is 0 Å². The van der Waals surface area contributed by atoms with Gasteiger partial charge in [-0.3, -0.25) is 19.4 Å². The molecule has 2 amide bonds. The van der Waals surface area contributed by atoms with Gasteiger partial charge in [-0.25, -0.2) is 0 Å². The highest BCUT2D eigenvalue weighted by Gasteiger charge is 2.35. The second-order valence-electron chi connectivity index (χ2n) is 8.12. The van der Waals surface area contributed by atoms with Crippen molar-refractivity contribution in [3.63, 3.8) is 0 Å². The van der Waals surface area contributed by atoms with Gasteiger partial charge in [-0.1, -0.05) is 30.3 Å². The Labute approximate surface area is 189 Å². The zero-order valence-electron chi connectivity index (χ0n) is 18.1. The Bertz CT molecular complexity index is 1300. The number of H-pyrrole nitrogens is 1. The van der Waals surface area contributed by atoms with E-state index in [2.05, 4.69) is 32.7 Å². The van der Waals surface area contributed by atoms with Crippen molar-refractivity contribution in [3.05, 3.63) is 75.6 Å². The lowest BCUT2D eigenvalue weighted by atomic mass is 9.92. The van der Waals surface area contributed by atoms with Crippen molar-refractivity contribution in [3.8, 4) is 5.75 Å². The average molecular weight is 445 g/mol. The monoisotopic (exact) mass is 445 g/mol. The van der Waals surface area contributed by atoms with Gasteiger partial charge in [0.15, 0.2) is 0 Å². The topological polar surface area (TPSA) is 116 Å². The Hall–Kier alpha value is -4.14. The predicted octanol–water partition coefficient (Wildman–Crippen LogP) is 2.41. The fourth-order valence-electron chi connectivity index (χ4n) is 4.34. The lowest BCUT2D eigenvalue weighted by Gasteiger charge is -2.30. The second-order valence-corrected chi connectivity index (χ2v) is 8.12. The number of hydrogen-bond donors (Lipinski definition) is 3. The normalized spacial score (nSPS) is 16.9. The SMILES string of the molecule is COc1cccc(NC(=O)[C@@H]2CC(=O)Nc3nc(N4CCc5ccccc5C4)[nH]c(=O)c32)c1. The number of carbonyl (C=O) groups is 2. The summed E-state index contributed by atoms with van der Waals surface area (Å²) in [6.45, 7) is 1.29. The zero-order chi connectivity index (χ0) is 22.9. The van der Waals surface area contributed by atoms with Crippen LogP contribution in [0.2, 0.25) is 0 Å². The van der Waals surface area contributed by atoms with E-state index in [4.69, 9.17) is 4.74 Å². The van der Waals surface area contributed by atoms with E-state index in [1.807, 2.05) is 17.0 Å². The minimum Gasteiger partial charge on any atom is -0.497 e. The summed E-state index contributed by atoms with van der Waals surface area (Å²) in [5.74, 6) is -0.668. The molecule has 2 aliphatic heterocycles. The molecule has 1 aromatic heterocycles. The van der Waals surface area contributed by atoms with Crippen LogP contribution in [0.3, 0.4) is 0 Å². The third-order valence-corrected chi connectivity index (χ3v) is 6.02. The molecule has 3 aromatic rings. The summed E-state index contributed by atoms with van der Waals surface area (Å²) in [6, 6.07) is 15.0. The number of fused-ring (bicyclic) bond motifs is 2. The number of amides is 2. The third-order valence-electron chi connectivity index (χ3n) is 6.02. The van der Waals surface area contributed by atoms with Crippen LogP contribution in [0, 0.1) is 0 Å². The predicted molar refractivity (Wildman–Crippen MR) is 124 cm³/mol. The first kappa shape index (κ1) is 20.7. The molecule has 0 fully saturated rings. The summed E-state index contributed by atoms with van der Waals surface area (Å²) < 4.78 is 5.18. The minimum atomic E-state index is -0.952. The summed E-state index contributed by atoms with van der Waals surface area (Å²) in [5, 5.41) is 5.44. The van der Waals surface area contributed by atoms with Crippen LogP contribution in [0.5, 0.6) is 5.75 Å². The van der Waals surface area contributed by atoms with E-state index in [0.717, 1.165) is 6.42 Å². The van der Waals surface area contributed by atoms with Crippen LogP contribution in [0.4, 0.5) is 17.5 Å². The molecule has 9 nitrogen and oxygen atoms in total. The number of anilines is 3. The van der Waals surface area contributed by atoms with E-state index < -0.39 is 17.4 Å². The van der Waals surface area contributed by atoms with E-state index in [9.17, 15) is 14.4 Å². The van der Waals surface area contributed by atoms with Crippen LogP contribution in [-0.2, 0) is 22.6 Å². The molecule has 3 heterocycles. The van der Waals surface area contributed by atoms with Crippen molar-refractivity contribution >= 4 is 29.3 Å². The number of carbonyl (C=O) groups excluding carboxylic acids is 2. The largest absolute Gasteiger partial charge is 0.497 e. The number of benzene rings is 2. The molecule has 0 unspecified atom stereocenters. The maximum absolute atomic E-state index is 13.1. The quantitative estimate of drug-likeness (QED) is 0.568. The number of rotatable bonds is 4. The minimum absolute atomic E-state index is 0.134. The van der Waals surface area contributed by atoms with Gasteiger partial charge in [0.1, 0.15) is 11.6 Å². The van der Waals surface area contributed by atoms with E-state index in [1.165, 1.54) is 18.2 Å². The Morgan fingerprint density at radius 1 is 1.15 bits per heavy atom. The lowest BCUT2D eigenvalue weighted by Crippen LogP contribution is -2.38.